The number of carboxylic acid groups (broad SMARTS) is 1. The topological polar surface area (TPSA) is 110 Å². The highest BCUT2D eigenvalue weighted by molar-refractivity contribution is 7.21. The van der Waals surface area contributed by atoms with Gasteiger partial charge in [-0.05, 0) is 24.3 Å². The first-order chi connectivity index (χ1) is 12.8. The van der Waals surface area contributed by atoms with Gasteiger partial charge in [-0.2, -0.15) is 0 Å². The van der Waals surface area contributed by atoms with Crippen molar-refractivity contribution in [2.45, 2.75) is 13.2 Å². The molecule has 0 fully saturated rings. The van der Waals surface area contributed by atoms with E-state index in [9.17, 15) is 24.2 Å². The molecule has 0 bridgehead atoms. The third kappa shape index (κ3) is 3.59. The molecule has 1 heterocycles. The standard InChI is InChI=1S/C18H13ClFNO5S/c19-11-2-1-3-13-14(11)10(16(27-13)18(24)25)7-26-15-9(6-22)4-8(17(21)23)5-12(15)20/h1-5,22H,6-7H2,(H2,21,23)(H,24,25). The summed E-state index contributed by atoms with van der Waals surface area (Å²) in [7, 11) is 0. The van der Waals surface area contributed by atoms with Gasteiger partial charge < -0.3 is 20.7 Å². The molecule has 27 heavy (non-hydrogen) atoms. The Morgan fingerprint density at radius 2 is 2.04 bits per heavy atom. The third-order valence-electron chi connectivity index (χ3n) is 3.89. The van der Waals surface area contributed by atoms with Crippen molar-refractivity contribution >= 4 is 44.9 Å². The molecule has 140 valence electrons. The zero-order valence-electron chi connectivity index (χ0n) is 13.7. The Hall–Kier alpha value is -2.68. The van der Waals surface area contributed by atoms with Gasteiger partial charge in [-0.15, -0.1) is 11.3 Å². The number of fused-ring (bicyclic) bond motifs is 1. The van der Waals surface area contributed by atoms with Crippen molar-refractivity contribution in [1.29, 1.82) is 0 Å². The molecule has 3 rings (SSSR count). The first-order valence-corrected chi connectivity index (χ1v) is 8.82. The molecule has 0 saturated carbocycles. The zero-order chi connectivity index (χ0) is 19.7. The molecule has 9 heteroatoms. The first kappa shape index (κ1) is 19.1. The molecule has 2 aromatic carbocycles. The van der Waals surface area contributed by atoms with Crippen LogP contribution in [0.15, 0.2) is 30.3 Å². The van der Waals surface area contributed by atoms with Crippen LogP contribution in [0, 0.1) is 5.82 Å². The molecular weight excluding hydrogens is 397 g/mol. The van der Waals surface area contributed by atoms with E-state index in [1.54, 1.807) is 18.2 Å². The van der Waals surface area contributed by atoms with Crippen LogP contribution in [0.3, 0.4) is 0 Å². The Labute approximate surface area is 161 Å². The molecule has 3 aromatic rings. The molecule has 0 radical (unpaired) electrons. The lowest BCUT2D eigenvalue weighted by Gasteiger charge is -2.13. The number of aromatic carboxylic acids is 1. The van der Waals surface area contributed by atoms with Crippen LogP contribution in [0.1, 0.15) is 31.2 Å². The number of carbonyl (C=O) groups is 2. The maximum Gasteiger partial charge on any atom is 0.346 e. The second-order valence-electron chi connectivity index (χ2n) is 5.59. The normalized spacial score (nSPS) is 10.9. The second kappa shape index (κ2) is 7.51. The predicted octanol–water partition coefficient (Wildman–Crippen LogP) is 3.56. The molecule has 0 aliphatic carbocycles. The molecule has 0 aliphatic heterocycles. The van der Waals surface area contributed by atoms with Gasteiger partial charge >= 0.3 is 5.97 Å². The predicted molar refractivity (Wildman–Crippen MR) is 99.0 cm³/mol. The summed E-state index contributed by atoms with van der Waals surface area (Å²) in [6, 6.07) is 7.16. The van der Waals surface area contributed by atoms with Crippen molar-refractivity contribution in [2.75, 3.05) is 0 Å². The number of carboxylic acids is 1. The molecular formula is C18H13ClFNO5S. The maximum atomic E-state index is 14.4. The van der Waals surface area contributed by atoms with Gasteiger partial charge in [-0.1, -0.05) is 17.7 Å². The van der Waals surface area contributed by atoms with E-state index in [2.05, 4.69) is 0 Å². The summed E-state index contributed by atoms with van der Waals surface area (Å²) in [6.07, 6.45) is 0. The largest absolute Gasteiger partial charge is 0.485 e. The summed E-state index contributed by atoms with van der Waals surface area (Å²) in [6.45, 7) is -0.879. The van der Waals surface area contributed by atoms with Crippen molar-refractivity contribution < 1.29 is 28.9 Å². The van der Waals surface area contributed by atoms with Crippen molar-refractivity contribution in [1.82, 2.24) is 0 Å². The Kier molecular flexibility index (Phi) is 5.31. The fraction of sp³-hybridized carbons (Fsp3) is 0.111. The lowest BCUT2D eigenvalue weighted by atomic mass is 10.1. The van der Waals surface area contributed by atoms with Gasteiger partial charge in [0.15, 0.2) is 11.6 Å². The van der Waals surface area contributed by atoms with Crippen LogP contribution in [0.25, 0.3) is 10.1 Å². The van der Waals surface area contributed by atoms with E-state index in [-0.39, 0.29) is 28.4 Å². The number of nitrogens with two attached hydrogens (primary N) is 1. The minimum Gasteiger partial charge on any atom is -0.485 e. The summed E-state index contributed by atoms with van der Waals surface area (Å²) >= 11 is 7.23. The van der Waals surface area contributed by atoms with Crippen LogP contribution < -0.4 is 10.5 Å². The quantitative estimate of drug-likeness (QED) is 0.576. The number of carbonyl (C=O) groups excluding carboxylic acids is 1. The molecule has 0 saturated heterocycles. The number of rotatable bonds is 6. The number of amides is 1. The first-order valence-electron chi connectivity index (χ1n) is 7.62. The highest BCUT2D eigenvalue weighted by atomic mass is 35.5. The lowest BCUT2D eigenvalue weighted by molar-refractivity contribution is 0.0699. The Balaban J connectivity index is 2.04. The van der Waals surface area contributed by atoms with Crippen molar-refractivity contribution in [2.24, 2.45) is 5.73 Å². The molecule has 0 aliphatic rings. The van der Waals surface area contributed by atoms with Crippen LogP contribution >= 0.6 is 22.9 Å². The summed E-state index contributed by atoms with van der Waals surface area (Å²) in [4.78, 5) is 22.8. The van der Waals surface area contributed by atoms with Crippen LogP contribution in [-0.2, 0) is 13.2 Å². The van der Waals surface area contributed by atoms with E-state index < -0.39 is 24.3 Å². The van der Waals surface area contributed by atoms with E-state index in [0.717, 1.165) is 17.4 Å². The average molecular weight is 410 g/mol. The number of halogens is 2. The van der Waals surface area contributed by atoms with Gasteiger partial charge in [0.05, 0.1) is 6.61 Å². The number of primary amides is 1. The Bertz CT molecular complexity index is 1070. The summed E-state index contributed by atoms with van der Waals surface area (Å²) in [5, 5.41) is 19.8. The highest BCUT2D eigenvalue weighted by Crippen LogP contribution is 2.37. The van der Waals surface area contributed by atoms with Crippen LogP contribution in [0.2, 0.25) is 5.02 Å². The monoisotopic (exact) mass is 409 g/mol. The van der Waals surface area contributed by atoms with E-state index in [4.69, 9.17) is 22.1 Å². The van der Waals surface area contributed by atoms with Gasteiger partial charge in [-0.25, -0.2) is 9.18 Å². The molecule has 0 atom stereocenters. The molecule has 0 unspecified atom stereocenters. The van der Waals surface area contributed by atoms with E-state index in [0.29, 0.717) is 20.7 Å². The van der Waals surface area contributed by atoms with Gasteiger partial charge in [0.1, 0.15) is 11.5 Å². The minimum atomic E-state index is -1.15. The smallest absolute Gasteiger partial charge is 0.346 e. The van der Waals surface area contributed by atoms with E-state index in [1.807, 2.05) is 0 Å². The van der Waals surface area contributed by atoms with E-state index >= 15 is 0 Å². The molecule has 0 spiro atoms. The van der Waals surface area contributed by atoms with E-state index in [1.165, 1.54) is 6.07 Å². The number of thiophene rings is 1. The Morgan fingerprint density at radius 1 is 1.30 bits per heavy atom. The van der Waals surface area contributed by atoms with Gasteiger partial charge in [0.25, 0.3) is 0 Å². The fourth-order valence-electron chi connectivity index (χ4n) is 2.69. The van der Waals surface area contributed by atoms with Crippen molar-refractivity contribution in [3.63, 3.8) is 0 Å². The number of aliphatic hydroxyl groups excluding tert-OH is 1. The lowest BCUT2D eigenvalue weighted by Crippen LogP contribution is -2.13. The number of benzene rings is 2. The molecule has 1 aromatic heterocycles. The molecule has 1 amide bonds. The second-order valence-corrected chi connectivity index (χ2v) is 7.04. The summed E-state index contributed by atoms with van der Waals surface area (Å²) in [5.41, 5.74) is 5.34. The summed E-state index contributed by atoms with van der Waals surface area (Å²) < 4.78 is 20.5. The fourth-order valence-corrected chi connectivity index (χ4v) is 4.11. The SMILES string of the molecule is NC(=O)c1cc(F)c(OCc2c(C(=O)O)sc3cccc(Cl)c23)c(CO)c1. The number of aliphatic hydroxyl groups is 1. The van der Waals surface area contributed by atoms with Gasteiger partial charge in [0, 0.05) is 31.8 Å². The summed E-state index contributed by atoms with van der Waals surface area (Å²) in [5.74, 6) is -3.18. The highest BCUT2D eigenvalue weighted by Gasteiger charge is 2.22. The minimum absolute atomic E-state index is 0.0197. The maximum absolute atomic E-state index is 14.4. The van der Waals surface area contributed by atoms with Crippen molar-refractivity contribution in [3.05, 3.63) is 62.7 Å². The zero-order valence-corrected chi connectivity index (χ0v) is 15.2. The van der Waals surface area contributed by atoms with Gasteiger partial charge in [0.2, 0.25) is 5.91 Å². The van der Waals surface area contributed by atoms with Crippen LogP contribution in [0.4, 0.5) is 4.39 Å². The average Bonchev–Trinajstić information content (AvgIpc) is 3.00. The Morgan fingerprint density at radius 3 is 2.67 bits per heavy atom. The number of hydrogen-bond donors (Lipinski definition) is 3. The molecule has 6 nitrogen and oxygen atoms in total. The van der Waals surface area contributed by atoms with Crippen LogP contribution in [0.5, 0.6) is 5.75 Å². The number of ether oxygens (including phenoxy) is 1. The third-order valence-corrected chi connectivity index (χ3v) is 5.39. The van der Waals surface area contributed by atoms with Gasteiger partial charge in [-0.3, -0.25) is 4.79 Å². The molecule has 4 N–H and O–H groups in total. The van der Waals surface area contributed by atoms with Crippen LogP contribution in [-0.4, -0.2) is 22.1 Å². The number of hydrogen-bond acceptors (Lipinski definition) is 5. The van der Waals surface area contributed by atoms with Crippen molar-refractivity contribution in [3.8, 4) is 5.75 Å².